The van der Waals surface area contributed by atoms with Gasteiger partial charge in [0, 0.05) is 44.7 Å². The van der Waals surface area contributed by atoms with Crippen LogP contribution in [-0.4, -0.2) is 46.4 Å². The van der Waals surface area contributed by atoms with Crippen molar-refractivity contribution in [1.82, 2.24) is 23.9 Å². The van der Waals surface area contributed by atoms with Crippen molar-refractivity contribution >= 4 is 45.4 Å². The predicted octanol–water partition coefficient (Wildman–Crippen LogP) is 4.04. The molecular weight excluding hydrogens is 471 g/mol. The van der Waals surface area contributed by atoms with E-state index in [0.717, 1.165) is 11.3 Å². The third-order valence-corrected chi connectivity index (χ3v) is 6.82. The molecule has 168 valence electrons. The summed E-state index contributed by atoms with van der Waals surface area (Å²) in [7, 11) is -0.567. The molecule has 11 heteroatoms. The van der Waals surface area contributed by atoms with Crippen LogP contribution in [0.3, 0.4) is 0 Å². The third-order valence-electron chi connectivity index (χ3n) is 4.82. The molecule has 0 unspecified atom stereocenters. The molecule has 0 fully saturated rings. The van der Waals surface area contributed by atoms with Crippen molar-refractivity contribution in [1.29, 1.82) is 0 Å². The summed E-state index contributed by atoms with van der Waals surface area (Å²) in [6.07, 6.45) is 3.51. The number of anilines is 1. The minimum Gasteiger partial charge on any atom is -0.378 e. The standard InChI is InChI=1S/C21H21ClN6O2S.ClH/c1-14-20(16-7-4-8-17(10-16)31(29,30)27(2)3)28-21(25-14)18(11-19(22)26-28)24-13-15-6-5-9-23-12-15;/h4-12,24H,13H2,1-3H3;1H. The number of hydrogen-bond acceptors (Lipinski definition) is 6. The summed E-state index contributed by atoms with van der Waals surface area (Å²) < 4.78 is 28.0. The van der Waals surface area contributed by atoms with E-state index in [1.807, 2.05) is 25.1 Å². The topological polar surface area (TPSA) is 92.5 Å². The first-order chi connectivity index (χ1) is 14.8. The zero-order valence-corrected chi connectivity index (χ0v) is 20.0. The van der Waals surface area contributed by atoms with Gasteiger partial charge in [0.1, 0.15) is 0 Å². The molecule has 0 bridgehead atoms. The fraction of sp³-hybridized carbons (Fsp3) is 0.190. The Labute approximate surface area is 197 Å². The van der Waals surface area contributed by atoms with Crippen LogP contribution in [0.4, 0.5) is 5.69 Å². The number of imidazole rings is 1. The van der Waals surface area contributed by atoms with E-state index in [-0.39, 0.29) is 22.5 Å². The highest BCUT2D eigenvalue weighted by atomic mass is 35.5. The Morgan fingerprint density at radius 2 is 1.94 bits per heavy atom. The molecule has 0 radical (unpaired) electrons. The lowest BCUT2D eigenvalue weighted by molar-refractivity contribution is 0.521. The molecule has 32 heavy (non-hydrogen) atoms. The summed E-state index contributed by atoms with van der Waals surface area (Å²) in [5.74, 6) is 0. The summed E-state index contributed by atoms with van der Waals surface area (Å²) in [4.78, 5) is 8.99. The van der Waals surface area contributed by atoms with Crippen LogP contribution in [0.1, 0.15) is 11.3 Å². The largest absolute Gasteiger partial charge is 0.378 e. The van der Waals surface area contributed by atoms with E-state index in [9.17, 15) is 8.42 Å². The van der Waals surface area contributed by atoms with Gasteiger partial charge in [0.25, 0.3) is 0 Å². The molecule has 0 aliphatic rings. The summed E-state index contributed by atoms with van der Waals surface area (Å²) >= 11 is 6.31. The van der Waals surface area contributed by atoms with Gasteiger partial charge in [-0.25, -0.2) is 22.2 Å². The van der Waals surface area contributed by atoms with Crippen molar-refractivity contribution in [2.24, 2.45) is 0 Å². The Morgan fingerprint density at radius 1 is 1.16 bits per heavy atom. The van der Waals surface area contributed by atoms with Crippen molar-refractivity contribution in [3.63, 3.8) is 0 Å². The van der Waals surface area contributed by atoms with Crippen molar-refractivity contribution < 1.29 is 8.42 Å². The number of halogens is 2. The number of rotatable bonds is 6. The fourth-order valence-electron chi connectivity index (χ4n) is 3.27. The van der Waals surface area contributed by atoms with Gasteiger partial charge in [-0.05, 0) is 30.7 Å². The second kappa shape index (κ2) is 9.41. The Morgan fingerprint density at radius 3 is 2.62 bits per heavy atom. The molecule has 0 saturated heterocycles. The first-order valence-electron chi connectivity index (χ1n) is 9.49. The molecule has 4 aromatic rings. The molecule has 1 aromatic carbocycles. The Bertz CT molecular complexity index is 1360. The van der Waals surface area contributed by atoms with Crippen LogP contribution in [0, 0.1) is 6.92 Å². The van der Waals surface area contributed by atoms with E-state index in [1.54, 1.807) is 41.2 Å². The van der Waals surface area contributed by atoms with Crippen molar-refractivity contribution in [3.05, 3.63) is 71.3 Å². The van der Waals surface area contributed by atoms with Crippen LogP contribution in [0.15, 0.2) is 59.8 Å². The highest BCUT2D eigenvalue weighted by molar-refractivity contribution is 7.89. The molecule has 0 spiro atoms. The molecular formula is C21H22Cl2N6O2S. The van der Waals surface area contributed by atoms with Gasteiger partial charge >= 0.3 is 0 Å². The van der Waals surface area contributed by atoms with Crippen LogP contribution in [0.2, 0.25) is 5.15 Å². The SMILES string of the molecule is Cc1nc2c(NCc3cccnc3)cc(Cl)nn2c1-c1cccc(S(=O)(=O)N(C)C)c1.Cl. The number of nitrogens with one attached hydrogen (secondary N) is 1. The number of hydrogen-bond donors (Lipinski definition) is 1. The number of benzene rings is 1. The molecule has 0 aliphatic carbocycles. The Hall–Kier alpha value is -2.72. The van der Waals surface area contributed by atoms with Crippen LogP contribution >= 0.6 is 24.0 Å². The van der Waals surface area contributed by atoms with Gasteiger partial charge in [-0.1, -0.05) is 29.8 Å². The van der Waals surface area contributed by atoms with Crippen LogP contribution in [-0.2, 0) is 16.6 Å². The van der Waals surface area contributed by atoms with Crippen LogP contribution in [0.25, 0.3) is 16.9 Å². The number of aromatic nitrogens is 4. The minimum atomic E-state index is -3.57. The average molecular weight is 493 g/mol. The normalized spacial score (nSPS) is 11.5. The van der Waals surface area contributed by atoms with E-state index in [0.29, 0.717) is 29.1 Å². The smallest absolute Gasteiger partial charge is 0.242 e. The lowest BCUT2D eigenvalue weighted by atomic mass is 10.1. The number of nitrogens with zero attached hydrogens (tertiary/aromatic N) is 5. The summed E-state index contributed by atoms with van der Waals surface area (Å²) in [5, 5.41) is 8.05. The maximum absolute atomic E-state index is 12.6. The molecule has 0 saturated carbocycles. The van der Waals surface area contributed by atoms with Crippen molar-refractivity contribution in [2.75, 3.05) is 19.4 Å². The molecule has 1 N–H and O–H groups in total. The van der Waals surface area contributed by atoms with E-state index >= 15 is 0 Å². The van der Waals surface area contributed by atoms with E-state index in [1.165, 1.54) is 18.4 Å². The maximum atomic E-state index is 12.6. The van der Waals surface area contributed by atoms with Gasteiger partial charge in [-0.15, -0.1) is 12.4 Å². The summed E-state index contributed by atoms with van der Waals surface area (Å²) in [6.45, 7) is 2.40. The molecule has 3 heterocycles. The lowest BCUT2D eigenvalue weighted by Crippen LogP contribution is -2.22. The number of sulfonamides is 1. The molecule has 0 amide bonds. The van der Waals surface area contributed by atoms with Crippen molar-refractivity contribution in [3.8, 4) is 11.3 Å². The van der Waals surface area contributed by atoms with Gasteiger partial charge in [-0.3, -0.25) is 4.98 Å². The fourth-order valence-corrected chi connectivity index (χ4v) is 4.41. The highest BCUT2D eigenvalue weighted by Gasteiger charge is 2.21. The zero-order valence-electron chi connectivity index (χ0n) is 17.7. The minimum absolute atomic E-state index is 0. The maximum Gasteiger partial charge on any atom is 0.242 e. The lowest BCUT2D eigenvalue weighted by Gasteiger charge is -2.13. The number of aryl methyl sites for hydroxylation is 1. The second-order valence-electron chi connectivity index (χ2n) is 7.19. The monoisotopic (exact) mass is 492 g/mol. The van der Waals surface area contributed by atoms with Gasteiger partial charge < -0.3 is 5.32 Å². The van der Waals surface area contributed by atoms with Gasteiger partial charge in [0.05, 0.1) is 22.0 Å². The number of pyridine rings is 1. The summed E-state index contributed by atoms with van der Waals surface area (Å²) in [5.41, 5.74) is 4.40. The molecule has 0 atom stereocenters. The second-order valence-corrected chi connectivity index (χ2v) is 9.73. The quantitative estimate of drug-likeness (QED) is 0.436. The van der Waals surface area contributed by atoms with Crippen LogP contribution < -0.4 is 5.32 Å². The van der Waals surface area contributed by atoms with Crippen LogP contribution in [0.5, 0.6) is 0 Å². The van der Waals surface area contributed by atoms with E-state index in [2.05, 4.69) is 20.4 Å². The predicted molar refractivity (Wildman–Crippen MR) is 128 cm³/mol. The Balaban J connectivity index is 0.00000289. The van der Waals surface area contributed by atoms with Gasteiger partial charge in [0.2, 0.25) is 10.0 Å². The van der Waals surface area contributed by atoms with Gasteiger partial charge in [-0.2, -0.15) is 5.10 Å². The third kappa shape index (κ3) is 4.56. The first kappa shape index (κ1) is 23.9. The molecule has 8 nitrogen and oxygen atoms in total. The number of fused-ring (bicyclic) bond motifs is 1. The van der Waals surface area contributed by atoms with Crippen molar-refractivity contribution in [2.45, 2.75) is 18.4 Å². The molecule has 0 aliphatic heterocycles. The summed E-state index contributed by atoms with van der Waals surface area (Å²) in [6, 6.07) is 12.3. The highest BCUT2D eigenvalue weighted by Crippen LogP contribution is 2.30. The van der Waals surface area contributed by atoms with Gasteiger partial charge in [0.15, 0.2) is 10.8 Å². The molecule has 3 aromatic heterocycles. The Kier molecular flexibility index (Phi) is 7.04. The molecule has 4 rings (SSSR count). The van der Waals surface area contributed by atoms with E-state index in [4.69, 9.17) is 11.6 Å². The van der Waals surface area contributed by atoms with E-state index < -0.39 is 10.0 Å². The average Bonchev–Trinajstić information content (AvgIpc) is 3.08. The zero-order chi connectivity index (χ0) is 22.2. The first-order valence-corrected chi connectivity index (χ1v) is 11.3.